The van der Waals surface area contributed by atoms with Gasteiger partial charge in [0.2, 0.25) is 5.91 Å². The minimum atomic E-state index is -0.0777. The van der Waals surface area contributed by atoms with Crippen LogP contribution in [0.2, 0.25) is 0 Å². The molecule has 6 heteroatoms. The Balaban J connectivity index is 1.41. The van der Waals surface area contributed by atoms with Crippen LogP contribution in [0.25, 0.3) is 0 Å². The van der Waals surface area contributed by atoms with Crippen molar-refractivity contribution in [1.29, 1.82) is 0 Å². The van der Waals surface area contributed by atoms with Crippen LogP contribution in [0.1, 0.15) is 51.4 Å². The Kier molecular flexibility index (Phi) is 6.17. The van der Waals surface area contributed by atoms with Crippen molar-refractivity contribution < 1.29 is 9.59 Å². The van der Waals surface area contributed by atoms with Crippen molar-refractivity contribution in [1.82, 2.24) is 15.6 Å². The number of hydrogen-bond donors (Lipinski definition) is 2. The fourth-order valence-electron chi connectivity index (χ4n) is 2.95. The van der Waals surface area contributed by atoms with Gasteiger partial charge in [0.1, 0.15) is 0 Å². The summed E-state index contributed by atoms with van der Waals surface area (Å²) in [5, 5.41) is 5.68. The molecule has 0 unspecified atom stereocenters. The minimum Gasteiger partial charge on any atom is -0.352 e. The Morgan fingerprint density at radius 3 is 2.88 bits per heavy atom. The van der Waals surface area contributed by atoms with Crippen molar-refractivity contribution in [2.75, 3.05) is 6.54 Å². The number of hydrogen-bond acceptors (Lipinski definition) is 4. The molecule has 2 amide bonds. The van der Waals surface area contributed by atoms with Gasteiger partial charge in [-0.1, -0.05) is 12.5 Å². The van der Waals surface area contributed by atoms with E-state index in [-0.39, 0.29) is 18.2 Å². The minimum absolute atomic E-state index is 0.0712. The van der Waals surface area contributed by atoms with Crippen LogP contribution in [-0.2, 0) is 24.2 Å². The third-order valence-electron chi connectivity index (χ3n) is 4.32. The van der Waals surface area contributed by atoms with E-state index in [1.165, 1.54) is 29.7 Å². The van der Waals surface area contributed by atoms with Gasteiger partial charge in [-0.05, 0) is 48.9 Å². The van der Waals surface area contributed by atoms with Crippen LogP contribution in [-0.4, -0.2) is 23.3 Å². The molecule has 0 saturated carbocycles. The molecule has 2 heterocycles. The van der Waals surface area contributed by atoms with Crippen LogP contribution in [0, 0.1) is 0 Å². The Hall–Kier alpha value is -2.21. The first-order valence-electron chi connectivity index (χ1n) is 8.78. The van der Waals surface area contributed by atoms with Crippen molar-refractivity contribution in [3.8, 4) is 0 Å². The molecule has 2 aromatic rings. The molecule has 0 radical (unpaired) electrons. The summed E-state index contributed by atoms with van der Waals surface area (Å²) in [7, 11) is 0. The number of rotatable bonds is 6. The molecule has 0 bridgehead atoms. The van der Waals surface area contributed by atoms with Crippen molar-refractivity contribution in [2.24, 2.45) is 0 Å². The van der Waals surface area contributed by atoms with E-state index in [9.17, 15) is 9.59 Å². The van der Waals surface area contributed by atoms with Crippen molar-refractivity contribution in [2.45, 2.75) is 45.1 Å². The predicted molar refractivity (Wildman–Crippen MR) is 98.6 cm³/mol. The molecule has 1 aliphatic carbocycles. The molecule has 1 aliphatic rings. The summed E-state index contributed by atoms with van der Waals surface area (Å²) in [4.78, 5) is 30.3. The summed E-state index contributed by atoms with van der Waals surface area (Å²) in [5.74, 6) is -0.149. The molecule has 3 rings (SSSR count). The van der Waals surface area contributed by atoms with Gasteiger partial charge in [-0.25, -0.2) is 0 Å². The maximum atomic E-state index is 12.3. The first-order valence-corrected chi connectivity index (χ1v) is 9.59. The van der Waals surface area contributed by atoms with Crippen molar-refractivity contribution in [3.05, 3.63) is 51.5 Å². The number of thiophene rings is 1. The zero-order valence-corrected chi connectivity index (χ0v) is 15.0. The Labute approximate surface area is 151 Å². The standard InChI is InChI=1S/C19H23N3O2S/c23-18(22-13-14-5-4-9-20-12-14)8-10-21-19(24)17-11-15-6-2-1-3-7-16(15)25-17/h4-5,9,11-12H,1-3,6-8,10,13H2,(H,21,24)(H,22,23). The third-order valence-corrected chi connectivity index (χ3v) is 5.56. The lowest BCUT2D eigenvalue weighted by Crippen LogP contribution is -2.30. The molecule has 5 nitrogen and oxygen atoms in total. The molecule has 132 valence electrons. The second kappa shape index (κ2) is 8.76. The molecule has 25 heavy (non-hydrogen) atoms. The van der Waals surface area contributed by atoms with Crippen LogP contribution in [0.15, 0.2) is 30.6 Å². The lowest BCUT2D eigenvalue weighted by Gasteiger charge is -2.06. The number of nitrogens with zero attached hydrogens (tertiary/aromatic N) is 1. The van der Waals surface area contributed by atoms with E-state index in [2.05, 4.69) is 15.6 Å². The second-order valence-corrected chi connectivity index (χ2v) is 7.40. The largest absolute Gasteiger partial charge is 0.352 e. The summed E-state index contributed by atoms with van der Waals surface area (Å²) < 4.78 is 0. The molecular formula is C19H23N3O2S. The monoisotopic (exact) mass is 357 g/mol. The second-order valence-electron chi connectivity index (χ2n) is 6.26. The van der Waals surface area contributed by atoms with E-state index in [4.69, 9.17) is 0 Å². The molecule has 0 aliphatic heterocycles. The van der Waals surface area contributed by atoms with Gasteiger partial charge in [0, 0.05) is 36.8 Å². The summed E-state index contributed by atoms with van der Waals surface area (Å²) in [6, 6.07) is 5.78. The van der Waals surface area contributed by atoms with Gasteiger partial charge in [0.25, 0.3) is 5.91 Å². The summed E-state index contributed by atoms with van der Waals surface area (Å²) in [5.41, 5.74) is 2.29. The highest BCUT2D eigenvalue weighted by Gasteiger charge is 2.16. The van der Waals surface area contributed by atoms with Crippen LogP contribution in [0.5, 0.6) is 0 Å². The number of fused-ring (bicyclic) bond motifs is 1. The number of pyridine rings is 1. The molecule has 0 fully saturated rings. The number of carbonyl (C=O) groups excluding carboxylic acids is 2. The van der Waals surface area contributed by atoms with E-state index in [0.29, 0.717) is 13.1 Å². The van der Waals surface area contributed by atoms with Crippen molar-refractivity contribution >= 4 is 23.2 Å². The van der Waals surface area contributed by atoms with Gasteiger partial charge in [0.15, 0.2) is 0 Å². The predicted octanol–water partition coefficient (Wildman–Crippen LogP) is 2.85. The third kappa shape index (κ3) is 5.13. The number of aromatic nitrogens is 1. The van der Waals surface area contributed by atoms with Crippen LogP contribution in [0.3, 0.4) is 0 Å². The summed E-state index contributed by atoms with van der Waals surface area (Å²) >= 11 is 1.60. The molecular weight excluding hydrogens is 334 g/mol. The van der Waals surface area contributed by atoms with Crippen LogP contribution >= 0.6 is 11.3 Å². The lowest BCUT2D eigenvalue weighted by molar-refractivity contribution is -0.121. The summed E-state index contributed by atoms with van der Waals surface area (Å²) in [6.07, 6.45) is 9.57. The molecule has 0 atom stereocenters. The first kappa shape index (κ1) is 17.6. The van der Waals surface area contributed by atoms with Gasteiger partial charge in [0.05, 0.1) is 4.88 Å². The van der Waals surface area contributed by atoms with E-state index in [1.807, 2.05) is 18.2 Å². The van der Waals surface area contributed by atoms with E-state index < -0.39 is 0 Å². The molecule has 0 saturated heterocycles. The number of nitrogens with one attached hydrogen (secondary N) is 2. The average Bonchev–Trinajstić information content (AvgIpc) is 2.91. The highest BCUT2D eigenvalue weighted by atomic mass is 32.1. The Morgan fingerprint density at radius 2 is 2.04 bits per heavy atom. The highest BCUT2D eigenvalue weighted by molar-refractivity contribution is 7.14. The molecule has 2 N–H and O–H groups in total. The fraction of sp³-hybridized carbons (Fsp3) is 0.421. The molecule has 0 aromatic carbocycles. The highest BCUT2D eigenvalue weighted by Crippen LogP contribution is 2.28. The number of aryl methyl sites for hydroxylation is 2. The van der Waals surface area contributed by atoms with Crippen LogP contribution in [0.4, 0.5) is 0 Å². The van der Waals surface area contributed by atoms with E-state index in [0.717, 1.165) is 23.3 Å². The molecule has 0 spiro atoms. The number of amides is 2. The van der Waals surface area contributed by atoms with Crippen molar-refractivity contribution in [3.63, 3.8) is 0 Å². The zero-order chi connectivity index (χ0) is 17.5. The Morgan fingerprint density at radius 1 is 1.16 bits per heavy atom. The van der Waals surface area contributed by atoms with E-state index >= 15 is 0 Å². The fourth-order valence-corrected chi connectivity index (χ4v) is 4.12. The van der Waals surface area contributed by atoms with Gasteiger partial charge >= 0.3 is 0 Å². The SMILES string of the molecule is O=C(CCNC(=O)c1cc2c(s1)CCCCC2)NCc1cccnc1. The maximum absolute atomic E-state index is 12.3. The number of carbonyl (C=O) groups is 2. The van der Waals surface area contributed by atoms with Gasteiger partial charge in [-0.15, -0.1) is 11.3 Å². The topological polar surface area (TPSA) is 71.1 Å². The average molecular weight is 357 g/mol. The normalized spacial score (nSPS) is 13.6. The van der Waals surface area contributed by atoms with Gasteiger partial charge in [-0.2, -0.15) is 0 Å². The van der Waals surface area contributed by atoms with Gasteiger partial charge < -0.3 is 10.6 Å². The van der Waals surface area contributed by atoms with Crippen LogP contribution < -0.4 is 10.6 Å². The molecule has 2 aromatic heterocycles. The summed E-state index contributed by atoms with van der Waals surface area (Å²) in [6.45, 7) is 0.804. The van der Waals surface area contributed by atoms with E-state index in [1.54, 1.807) is 23.7 Å². The lowest BCUT2D eigenvalue weighted by atomic mass is 10.1. The quantitative estimate of drug-likeness (QED) is 0.781. The van der Waals surface area contributed by atoms with Gasteiger partial charge in [-0.3, -0.25) is 14.6 Å². The first-order chi connectivity index (χ1) is 12.2. The maximum Gasteiger partial charge on any atom is 0.261 e. The smallest absolute Gasteiger partial charge is 0.261 e. The Bertz CT molecular complexity index is 704. The zero-order valence-electron chi connectivity index (χ0n) is 14.2.